The fourth-order valence-electron chi connectivity index (χ4n) is 3.32. The molecule has 0 spiro atoms. The molecule has 0 unspecified atom stereocenters. The molecule has 0 bridgehead atoms. The summed E-state index contributed by atoms with van der Waals surface area (Å²) >= 11 is 0. The van der Waals surface area contributed by atoms with E-state index in [4.69, 9.17) is 4.74 Å². The molecule has 0 amide bonds. The molecule has 0 saturated heterocycles. The number of aromatic nitrogens is 4. The molecule has 30 heavy (non-hydrogen) atoms. The van der Waals surface area contributed by atoms with Crippen LogP contribution < -0.4 is 10.3 Å². The summed E-state index contributed by atoms with van der Waals surface area (Å²) in [4.78, 5) is 25.8. The minimum absolute atomic E-state index is 0.0574. The fraction of sp³-hybridized carbons (Fsp3) is 0.250. The maximum absolute atomic E-state index is 13.2. The first-order valence-corrected chi connectivity index (χ1v) is 9.87. The third-order valence-electron chi connectivity index (χ3n) is 4.94. The van der Waals surface area contributed by atoms with Crippen LogP contribution in [0.1, 0.15) is 19.4 Å². The van der Waals surface area contributed by atoms with E-state index in [9.17, 15) is 4.79 Å². The lowest BCUT2D eigenvalue weighted by Gasteiger charge is -2.25. The third kappa shape index (κ3) is 4.38. The Bertz CT molecular complexity index is 1220. The molecule has 2 heterocycles. The summed E-state index contributed by atoms with van der Waals surface area (Å²) in [5, 5.41) is 0.610. The van der Waals surface area contributed by atoms with E-state index in [1.165, 1.54) is 5.56 Å². The molecule has 6 heteroatoms. The lowest BCUT2D eigenvalue weighted by molar-refractivity contribution is 0.148. The molecule has 2 aromatic heterocycles. The van der Waals surface area contributed by atoms with Crippen LogP contribution in [0.4, 0.5) is 0 Å². The van der Waals surface area contributed by atoms with Gasteiger partial charge >= 0.3 is 6.01 Å². The van der Waals surface area contributed by atoms with Crippen LogP contribution in [0, 0.1) is 12.3 Å². The van der Waals surface area contributed by atoms with Gasteiger partial charge in [-0.15, -0.1) is 0 Å². The summed E-state index contributed by atoms with van der Waals surface area (Å²) in [5.74, 6) is 0. The Morgan fingerprint density at radius 3 is 2.40 bits per heavy atom. The quantitative estimate of drug-likeness (QED) is 0.483. The Labute approximate surface area is 175 Å². The number of rotatable bonds is 6. The second-order valence-corrected chi connectivity index (χ2v) is 8.26. The van der Waals surface area contributed by atoms with Crippen molar-refractivity contribution in [2.75, 3.05) is 6.61 Å². The molecule has 0 fully saturated rings. The summed E-state index contributed by atoms with van der Waals surface area (Å²) < 4.78 is 7.35. The van der Waals surface area contributed by atoms with Gasteiger partial charge in [-0.1, -0.05) is 49.7 Å². The Morgan fingerprint density at radius 2 is 1.67 bits per heavy atom. The van der Waals surface area contributed by atoms with Crippen LogP contribution in [0.25, 0.3) is 22.0 Å². The average Bonchev–Trinajstić information content (AvgIpc) is 2.75. The molecule has 0 aliphatic heterocycles. The molecular weight excluding hydrogens is 376 g/mol. The predicted octanol–water partition coefficient (Wildman–Crippen LogP) is 4.27. The van der Waals surface area contributed by atoms with Gasteiger partial charge in [-0.3, -0.25) is 9.36 Å². The van der Waals surface area contributed by atoms with Crippen molar-refractivity contribution in [3.63, 3.8) is 0 Å². The maximum Gasteiger partial charge on any atom is 0.316 e. The molecular formula is C24H24N4O2. The van der Waals surface area contributed by atoms with Gasteiger partial charge < -0.3 is 4.74 Å². The number of hydrogen-bond donors (Lipinski definition) is 0. The zero-order chi connectivity index (χ0) is 21.1. The highest BCUT2D eigenvalue weighted by Crippen LogP contribution is 2.23. The highest BCUT2D eigenvalue weighted by Gasteiger charge is 2.22. The minimum atomic E-state index is -0.313. The van der Waals surface area contributed by atoms with Gasteiger partial charge in [0.1, 0.15) is 0 Å². The average molecular weight is 400 g/mol. The van der Waals surface area contributed by atoms with E-state index >= 15 is 0 Å². The topological polar surface area (TPSA) is 69.9 Å². The van der Waals surface area contributed by atoms with Crippen LogP contribution in [0.2, 0.25) is 0 Å². The smallest absolute Gasteiger partial charge is 0.316 e. The number of nitrogens with zero attached hydrogens (tertiary/aromatic N) is 4. The van der Waals surface area contributed by atoms with Gasteiger partial charge in [0.2, 0.25) is 0 Å². The van der Waals surface area contributed by atoms with Crippen molar-refractivity contribution < 1.29 is 4.74 Å². The summed E-state index contributed by atoms with van der Waals surface area (Å²) in [6.45, 7) is 6.98. The monoisotopic (exact) mass is 400 g/mol. The second kappa shape index (κ2) is 8.06. The molecule has 0 aliphatic carbocycles. The molecule has 0 radical (unpaired) electrons. The normalized spacial score (nSPS) is 11.6. The Kier molecular flexibility index (Phi) is 5.31. The van der Waals surface area contributed by atoms with Gasteiger partial charge in [0.15, 0.2) is 0 Å². The first-order valence-electron chi connectivity index (χ1n) is 9.87. The van der Waals surface area contributed by atoms with Gasteiger partial charge in [-0.25, -0.2) is 15.0 Å². The van der Waals surface area contributed by atoms with Crippen LogP contribution in [-0.2, 0) is 6.54 Å². The molecule has 0 saturated carbocycles. The van der Waals surface area contributed by atoms with E-state index in [2.05, 4.69) is 46.1 Å². The summed E-state index contributed by atoms with van der Waals surface area (Å²) in [6.07, 6.45) is 4.88. The van der Waals surface area contributed by atoms with Gasteiger partial charge in [-0.2, -0.15) is 0 Å². The van der Waals surface area contributed by atoms with Gasteiger partial charge in [-0.05, 0) is 36.2 Å². The number of aryl methyl sites for hydroxylation is 1. The van der Waals surface area contributed by atoms with E-state index in [1.54, 1.807) is 29.4 Å². The summed E-state index contributed by atoms with van der Waals surface area (Å²) in [6, 6.07) is 16.2. The highest BCUT2D eigenvalue weighted by molar-refractivity contribution is 5.83. The van der Waals surface area contributed by atoms with E-state index in [0.717, 1.165) is 11.1 Å². The Morgan fingerprint density at radius 1 is 0.967 bits per heavy atom. The SMILES string of the molecule is Cc1ccc(-c2ccc3ncn(CC(C)(C)COc4ncccn4)c(=O)c3c2)cc1. The first kappa shape index (κ1) is 19.8. The number of ether oxygens (including phenoxy) is 1. The number of hydrogen-bond acceptors (Lipinski definition) is 5. The molecule has 152 valence electrons. The van der Waals surface area contributed by atoms with Crippen molar-refractivity contribution in [1.29, 1.82) is 0 Å². The van der Waals surface area contributed by atoms with Gasteiger partial charge in [0.05, 0.1) is 23.8 Å². The van der Waals surface area contributed by atoms with Gasteiger partial charge in [0, 0.05) is 24.4 Å². The number of benzene rings is 2. The lowest BCUT2D eigenvalue weighted by Crippen LogP contribution is -2.33. The molecule has 4 aromatic rings. The van der Waals surface area contributed by atoms with E-state index in [0.29, 0.717) is 30.1 Å². The van der Waals surface area contributed by atoms with Crippen molar-refractivity contribution in [2.24, 2.45) is 5.41 Å². The Hall–Kier alpha value is -3.54. The van der Waals surface area contributed by atoms with Gasteiger partial charge in [0.25, 0.3) is 5.56 Å². The van der Waals surface area contributed by atoms with E-state index in [1.807, 2.05) is 32.0 Å². The predicted molar refractivity (Wildman–Crippen MR) is 117 cm³/mol. The zero-order valence-electron chi connectivity index (χ0n) is 17.4. The minimum Gasteiger partial charge on any atom is -0.463 e. The lowest BCUT2D eigenvalue weighted by atomic mass is 9.94. The highest BCUT2D eigenvalue weighted by atomic mass is 16.5. The summed E-state index contributed by atoms with van der Waals surface area (Å²) in [5.41, 5.74) is 3.61. The maximum atomic E-state index is 13.2. The first-order chi connectivity index (χ1) is 14.4. The third-order valence-corrected chi connectivity index (χ3v) is 4.94. The standard InChI is InChI=1S/C24H24N4O2/c1-17-5-7-18(8-6-17)19-9-10-21-20(13-19)22(29)28(16-27-21)14-24(2,3)15-30-23-25-11-4-12-26-23/h4-13,16H,14-15H2,1-3H3. The Balaban J connectivity index is 1.60. The zero-order valence-corrected chi connectivity index (χ0v) is 17.4. The largest absolute Gasteiger partial charge is 0.463 e. The van der Waals surface area contributed by atoms with Crippen LogP contribution >= 0.6 is 0 Å². The molecule has 2 aromatic carbocycles. The summed E-state index contributed by atoms with van der Waals surface area (Å²) in [7, 11) is 0. The van der Waals surface area contributed by atoms with Crippen LogP contribution in [-0.4, -0.2) is 26.1 Å². The van der Waals surface area contributed by atoms with Crippen LogP contribution in [0.3, 0.4) is 0 Å². The van der Waals surface area contributed by atoms with Crippen molar-refractivity contribution in [3.8, 4) is 17.1 Å². The molecule has 4 rings (SSSR count). The number of fused-ring (bicyclic) bond motifs is 1. The molecule has 0 N–H and O–H groups in total. The van der Waals surface area contributed by atoms with Crippen molar-refractivity contribution in [1.82, 2.24) is 19.5 Å². The van der Waals surface area contributed by atoms with E-state index in [-0.39, 0.29) is 11.0 Å². The van der Waals surface area contributed by atoms with Crippen LogP contribution in [0.5, 0.6) is 6.01 Å². The fourth-order valence-corrected chi connectivity index (χ4v) is 3.32. The van der Waals surface area contributed by atoms with Crippen LogP contribution in [0.15, 0.2) is 72.0 Å². The molecule has 0 atom stereocenters. The molecule has 0 aliphatic rings. The molecule has 6 nitrogen and oxygen atoms in total. The van der Waals surface area contributed by atoms with E-state index < -0.39 is 0 Å². The second-order valence-electron chi connectivity index (χ2n) is 8.26. The van der Waals surface area contributed by atoms with Crippen molar-refractivity contribution in [2.45, 2.75) is 27.3 Å². The van der Waals surface area contributed by atoms with Crippen molar-refractivity contribution in [3.05, 3.63) is 83.2 Å². The van der Waals surface area contributed by atoms with Crippen molar-refractivity contribution >= 4 is 10.9 Å².